The molecule has 4 nitrogen and oxygen atoms in total. The van der Waals surface area contributed by atoms with Crippen molar-refractivity contribution in [3.05, 3.63) is 23.8 Å². The minimum Gasteiger partial charge on any atom is -0.467 e. The maximum atomic E-state index is 11.8. The van der Waals surface area contributed by atoms with Crippen molar-refractivity contribution in [2.75, 3.05) is 12.0 Å². The van der Waals surface area contributed by atoms with Gasteiger partial charge in [0.15, 0.2) is 0 Å². The molecule has 5 heteroatoms. The molecule has 1 aromatic rings. The van der Waals surface area contributed by atoms with Crippen molar-refractivity contribution in [3.8, 4) is 0 Å². The van der Waals surface area contributed by atoms with Crippen molar-refractivity contribution in [3.63, 3.8) is 0 Å². The monoisotopic (exact) mass is 245 g/mol. The fourth-order valence-corrected chi connectivity index (χ4v) is 2.49. The number of methoxy groups -OCH3 is 1. The number of amides is 1. The van der Waals surface area contributed by atoms with E-state index in [1.807, 2.05) is 20.0 Å². The Morgan fingerprint density at radius 2 is 2.17 bits per heavy atom. The van der Waals surface area contributed by atoms with E-state index in [4.69, 9.17) is 4.74 Å². The van der Waals surface area contributed by atoms with Gasteiger partial charge in [-0.05, 0) is 24.5 Å². The minimum atomic E-state index is -0.497. The summed E-state index contributed by atoms with van der Waals surface area (Å²) in [6, 6.07) is 5.43. The third-order valence-electron chi connectivity index (χ3n) is 3.31. The zero-order valence-electron chi connectivity index (χ0n) is 10.9. The highest BCUT2D eigenvalue weighted by molar-refractivity contribution is 6.32. The fraction of sp³-hybridized carbons (Fsp3) is 0.385. The summed E-state index contributed by atoms with van der Waals surface area (Å²) in [5.41, 5.74) is 3.11. The first kappa shape index (κ1) is 12.7. The van der Waals surface area contributed by atoms with Gasteiger partial charge in [0.05, 0.1) is 7.11 Å². The van der Waals surface area contributed by atoms with Gasteiger partial charge in [0.1, 0.15) is 13.9 Å². The number of hydrogen-bond acceptors (Lipinski definition) is 3. The average Bonchev–Trinajstić information content (AvgIpc) is 2.35. The topological polar surface area (TPSA) is 46.6 Å². The van der Waals surface area contributed by atoms with Crippen LogP contribution in [0.3, 0.4) is 0 Å². The van der Waals surface area contributed by atoms with E-state index in [0.29, 0.717) is 6.42 Å². The van der Waals surface area contributed by atoms with Crippen LogP contribution >= 0.6 is 0 Å². The Bertz CT molecular complexity index is 501. The molecule has 94 valence electrons. The van der Waals surface area contributed by atoms with Gasteiger partial charge in [0, 0.05) is 12.6 Å². The SMILES string of the molecule is Bc1ccc2c(c1)CCC(C(=O)OC)N2C(C)=O. The summed E-state index contributed by atoms with van der Waals surface area (Å²) in [6.07, 6.45) is 1.41. The highest BCUT2D eigenvalue weighted by atomic mass is 16.5. The Hall–Kier alpha value is -1.78. The molecule has 0 fully saturated rings. The summed E-state index contributed by atoms with van der Waals surface area (Å²) in [7, 11) is 3.37. The van der Waals surface area contributed by atoms with Gasteiger partial charge >= 0.3 is 5.97 Å². The van der Waals surface area contributed by atoms with Gasteiger partial charge < -0.3 is 4.74 Å². The maximum absolute atomic E-state index is 11.8. The summed E-state index contributed by atoms with van der Waals surface area (Å²) < 4.78 is 4.78. The summed E-state index contributed by atoms with van der Waals surface area (Å²) in [5.74, 6) is -0.480. The zero-order valence-corrected chi connectivity index (χ0v) is 10.9. The first-order valence-corrected chi connectivity index (χ1v) is 6.01. The van der Waals surface area contributed by atoms with Crippen LogP contribution in [0.5, 0.6) is 0 Å². The molecule has 18 heavy (non-hydrogen) atoms. The van der Waals surface area contributed by atoms with Gasteiger partial charge in [0.2, 0.25) is 5.91 Å². The number of benzene rings is 1. The van der Waals surface area contributed by atoms with Crippen molar-refractivity contribution in [2.24, 2.45) is 0 Å². The van der Waals surface area contributed by atoms with Gasteiger partial charge in [-0.3, -0.25) is 9.69 Å². The van der Waals surface area contributed by atoms with E-state index in [1.165, 1.54) is 14.0 Å². The highest BCUT2D eigenvalue weighted by Crippen LogP contribution is 2.30. The summed E-state index contributed by atoms with van der Waals surface area (Å²) in [5, 5.41) is 0. The van der Waals surface area contributed by atoms with Gasteiger partial charge in [-0.2, -0.15) is 0 Å². The van der Waals surface area contributed by atoms with Crippen LogP contribution in [0.25, 0.3) is 0 Å². The molecule has 1 unspecified atom stereocenters. The van der Waals surface area contributed by atoms with E-state index >= 15 is 0 Å². The van der Waals surface area contributed by atoms with Gasteiger partial charge in [-0.25, -0.2) is 4.79 Å². The normalized spacial score (nSPS) is 18.1. The van der Waals surface area contributed by atoms with Crippen LogP contribution in [0.15, 0.2) is 18.2 Å². The van der Waals surface area contributed by atoms with Crippen LogP contribution in [0.4, 0.5) is 5.69 Å². The Balaban J connectivity index is 2.45. The molecule has 0 aliphatic carbocycles. The molecule has 2 rings (SSSR count). The van der Waals surface area contributed by atoms with Crippen LogP contribution in [0.2, 0.25) is 0 Å². The van der Waals surface area contributed by atoms with Crippen LogP contribution in [0.1, 0.15) is 18.9 Å². The lowest BCUT2D eigenvalue weighted by molar-refractivity contribution is -0.143. The largest absolute Gasteiger partial charge is 0.467 e. The number of aryl methyl sites for hydroxylation is 1. The van der Waals surface area contributed by atoms with E-state index in [-0.39, 0.29) is 11.9 Å². The molecule has 1 aliphatic rings. The van der Waals surface area contributed by atoms with Crippen molar-refractivity contribution in [1.29, 1.82) is 0 Å². The fourth-order valence-electron chi connectivity index (χ4n) is 2.49. The lowest BCUT2D eigenvalue weighted by Gasteiger charge is -2.35. The van der Waals surface area contributed by atoms with Crippen LogP contribution in [-0.2, 0) is 20.7 Å². The maximum Gasteiger partial charge on any atom is 0.328 e. The van der Waals surface area contributed by atoms with Crippen molar-refractivity contribution < 1.29 is 14.3 Å². The lowest BCUT2D eigenvalue weighted by atomic mass is 9.88. The number of hydrogen-bond donors (Lipinski definition) is 0. The number of fused-ring (bicyclic) bond motifs is 1. The number of anilines is 1. The van der Waals surface area contributed by atoms with E-state index in [9.17, 15) is 9.59 Å². The molecule has 1 aliphatic heterocycles. The molecule has 0 spiro atoms. The van der Waals surface area contributed by atoms with E-state index in [0.717, 1.165) is 23.1 Å². The van der Waals surface area contributed by atoms with E-state index in [1.54, 1.807) is 4.90 Å². The van der Waals surface area contributed by atoms with Crippen molar-refractivity contribution in [2.45, 2.75) is 25.8 Å². The summed E-state index contributed by atoms with van der Waals surface area (Å²) >= 11 is 0. The third-order valence-corrected chi connectivity index (χ3v) is 3.31. The van der Waals surface area contributed by atoms with Crippen LogP contribution in [0, 0.1) is 0 Å². The molecule has 1 amide bonds. The predicted octanol–water partition coefficient (Wildman–Crippen LogP) is -0.214. The first-order valence-electron chi connectivity index (χ1n) is 6.01. The zero-order chi connectivity index (χ0) is 13.3. The molecule has 1 heterocycles. The smallest absolute Gasteiger partial charge is 0.328 e. The first-order chi connectivity index (χ1) is 8.54. The summed E-state index contributed by atoms with van der Waals surface area (Å²) in [6.45, 7) is 1.48. The van der Waals surface area contributed by atoms with E-state index in [2.05, 4.69) is 6.07 Å². The number of esters is 1. The number of carbonyl (C=O) groups is 2. The van der Waals surface area contributed by atoms with E-state index < -0.39 is 6.04 Å². The number of rotatable bonds is 1. The number of nitrogens with zero attached hydrogens (tertiary/aromatic N) is 1. The third kappa shape index (κ3) is 2.12. The predicted molar refractivity (Wildman–Crippen MR) is 71.9 cm³/mol. The second-order valence-electron chi connectivity index (χ2n) is 4.60. The molecule has 1 aromatic carbocycles. The molecule has 0 saturated carbocycles. The second kappa shape index (κ2) is 4.84. The molecular formula is C13H16BNO3. The standard InChI is InChI=1S/C13H16BNO3/c1-8(16)15-11-6-4-10(14)7-9(11)3-5-12(15)13(17)18-2/h4,6-7,12H,3,5,14H2,1-2H3. The average molecular weight is 245 g/mol. The number of ether oxygens (including phenoxy) is 1. The Kier molecular flexibility index (Phi) is 3.41. The highest BCUT2D eigenvalue weighted by Gasteiger charge is 2.34. The molecule has 1 atom stereocenters. The van der Waals surface area contributed by atoms with Crippen LogP contribution < -0.4 is 10.4 Å². The van der Waals surface area contributed by atoms with Crippen LogP contribution in [-0.4, -0.2) is 32.9 Å². The summed E-state index contributed by atoms with van der Waals surface area (Å²) in [4.78, 5) is 25.1. The Morgan fingerprint density at radius 3 is 2.78 bits per heavy atom. The second-order valence-corrected chi connectivity index (χ2v) is 4.60. The molecule has 0 N–H and O–H groups in total. The molecular weight excluding hydrogens is 229 g/mol. The Morgan fingerprint density at radius 1 is 1.44 bits per heavy atom. The lowest BCUT2D eigenvalue weighted by Crippen LogP contribution is -2.48. The van der Waals surface area contributed by atoms with Gasteiger partial charge in [-0.15, -0.1) is 0 Å². The Labute approximate surface area is 107 Å². The van der Waals surface area contributed by atoms with Crippen molar-refractivity contribution >= 4 is 30.9 Å². The van der Waals surface area contributed by atoms with Gasteiger partial charge in [-0.1, -0.05) is 17.6 Å². The molecule has 0 bridgehead atoms. The van der Waals surface area contributed by atoms with Gasteiger partial charge in [0.25, 0.3) is 0 Å². The minimum absolute atomic E-state index is 0.129. The molecule has 0 saturated heterocycles. The quantitative estimate of drug-likeness (QED) is 0.508. The molecule has 0 radical (unpaired) electrons. The number of carbonyl (C=O) groups excluding carboxylic acids is 2. The molecule has 0 aromatic heterocycles. The van der Waals surface area contributed by atoms with Crippen molar-refractivity contribution in [1.82, 2.24) is 0 Å².